The summed E-state index contributed by atoms with van der Waals surface area (Å²) < 4.78 is 11.0. The van der Waals surface area contributed by atoms with Crippen molar-refractivity contribution in [3.8, 4) is 0 Å². The summed E-state index contributed by atoms with van der Waals surface area (Å²) in [5.74, 6) is -0.0982. The molecule has 2 rings (SSSR count). The Morgan fingerprint density at radius 2 is 2.07 bits per heavy atom. The molecule has 0 aromatic heterocycles. The number of amides is 1. The first-order chi connectivity index (χ1) is 13.1. The van der Waals surface area contributed by atoms with Crippen molar-refractivity contribution in [2.45, 2.75) is 43.9 Å². The van der Waals surface area contributed by atoms with Crippen LogP contribution in [0.15, 0.2) is 30.3 Å². The summed E-state index contributed by atoms with van der Waals surface area (Å²) >= 11 is 1.60. The van der Waals surface area contributed by atoms with Gasteiger partial charge >= 0.3 is 5.97 Å². The number of thioether (sulfide) groups is 1. The van der Waals surface area contributed by atoms with E-state index in [0.29, 0.717) is 25.2 Å². The highest BCUT2D eigenvalue weighted by Crippen LogP contribution is 2.20. The number of nitrogens with one attached hydrogen (secondary N) is 2. The molecule has 0 bridgehead atoms. The molecule has 1 aromatic carbocycles. The molecule has 1 saturated heterocycles. The van der Waals surface area contributed by atoms with Crippen LogP contribution in [0.2, 0.25) is 0 Å². The van der Waals surface area contributed by atoms with Gasteiger partial charge in [-0.2, -0.15) is 11.8 Å². The van der Waals surface area contributed by atoms with Crippen molar-refractivity contribution in [1.29, 1.82) is 0 Å². The van der Waals surface area contributed by atoms with Crippen molar-refractivity contribution in [3.63, 3.8) is 0 Å². The minimum Gasteiger partial charge on any atom is -0.465 e. The summed E-state index contributed by atoms with van der Waals surface area (Å²) in [5, 5.41) is 6.18. The Bertz CT molecular complexity index is 599. The molecule has 1 amide bonds. The standard InChI is InChI=1S/C20H30N2O4S.ClH/c1-25-19(24)20(12-14-27-2,26-15-17-9-6-13-21-17)22-18(23)11-10-16-7-4-3-5-8-16;/h3-5,7-8,17,21H,6,9-15H2,1-2H3,(H,22,23);1H/t17-,20-;/m0./s1. The van der Waals surface area contributed by atoms with Crippen molar-refractivity contribution in [3.05, 3.63) is 35.9 Å². The third-order valence-electron chi connectivity index (χ3n) is 4.69. The second-order valence-corrected chi connectivity index (χ2v) is 7.69. The van der Waals surface area contributed by atoms with E-state index in [2.05, 4.69) is 10.6 Å². The molecule has 2 N–H and O–H groups in total. The van der Waals surface area contributed by atoms with E-state index in [1.807, 2.05) is 36.6 Å². The number of hydrogen-bond acceptors (Lipinski definition) is 6. The van der Waals surface area contributed by atoms with Crippen molar-refractivity contribution in [2.24, 2.45) is 0 Å². The fraction of sp³-hybridized carbons (Fsp3) is 0.600. The zero-order valence-corrected chi connectivity index (χ0v) is 18.2. The van der Waals surface area contributed by atoms with Gasteiger partial charge in [-0.1, -0.05) is 30.3 Å². The Hall–Kier alpha value is -1.28. The van der Waals surface area contributed by atoms with Crippen LogP contribution in [0.25, 0.3) is 0 Å². The zero-order valence-electron chi connectivity index (χ0n) is 16.6. The fourth-order valence-electron chi connectivity index (χ4n) is 3.13. The average molecular weight is 431 g/mol. The molecule has 1 heterocycles. The summed E-state index contributed by atoms with van der Waals surface area (Å²) in [7, 11) is 1.32. The Morgan fingerprint density at radius 3 is 2.68 bits per heavy atom. The molecule has 0 radical (unpaired) electrons. The molecular formula is C20H31ClN2O4S. The minimum absolute atomic E-state index is 0. The van der Waals surface area contributed by atoms with Gasteiger partial charge in [0.2, 0.25) is 11.6 Å². The summed E-state index contributed by atoms with van der Waals surface area (Å²) in [4.78, 5) is 25.2. The first-order valence-electron chi connectivity index (χ1n) is 9.39. The smallest absolute Gasteiger partial charge is 0.359 e. The lowest BCUT2D eigenvalue weighted by atomic mass is 10.1. The van der Waals surface area contributed by atoms with Crippen LogP contribution in [0.5, 0.6) is 0 Å². The third kappa shape index (κ3) is 7.62. The van der Waals surface area contributed by atoms with Crippen molar-refractivity contribution in [1.82, 2.24) is 10.6 Å². The second-order valence-electron chi connectivity index (χ2n) is 6.70. The third-order valence-corrected chi connectivity index (χ3v) is 5.30. The molecule has 6 nitrogen and oxygen atoms in total. The van der Waals surface area contributed by atoms with Crippen molar-refractivity contribution in [2.75, 3.05) is 32.3 Å². The van der Waals surface area contributed by atoms with Gasteiger partial charge in [0.1, 0.15) is 0 Å². The molecule has 0 unspecified atom stereocenters. The number of halogens is 1. The van der Waals surface area contributed by atoms with Gasteiger partial charge in [0.05, 0.1) is 13.7 Å². The molecule has 2 atom stereocenters. The number of esters is 1. The maximum Gasteiger partial charge on any atom is 0.359 e. The van der Waals surface area contributed by atoms with Crippen molar-refractivity contribution >= 4 is 36.0 Å². The van der Waals surface area contributed by atoms with Gasteiger partial charge in [0.25, 0.3) is 0 Å². The molecule has 28 heavy (non-hydrogen) atoms. The number of benzene rings is 1. The molecule has 1 aliphatic rings. The van der Waals surface area contributed by atoms with Crippen LogP contribution in [0.3, 0.4) is 0 Å². The van der Waals surface area contributed by atoms with Crippen LogP contribution in [0.4, 0.5) is 0 Å². The number of ether oxygens (including phenoxy) is 2. The van der Waals surface area contributed by atoms with Gasteiger partial charge < -0.3 is 20.1 Å². The van der Waals surface area contributed by atoms with Crippen LogP contribution in [-0.4, -0.2) is 55.9 Å². The first kappa shape index (κ1) is 24.8. The number of methoxy groups -OCH3 is 1. The summed E-state index contributed by atoms with van der Waals surface area (Å²) in [5.41, 5.74) is -0.355. The molecule has 0 saturated carbocycles. The molecule has 1 aliphatic heterocycles. The van der Waals surface area contributed by atoms with Gasteiger partial charge in [-0.25, -0.2) is 4.79 Å². The van der Waals surface area contributed by atoms with E-state index in [1.165, 1.54) is 7.11 Å². The van der Waals surface area contributed by atoms with Gasteiger partial charge in [-0.05, 0) is 43.4 Å². The molecule has 0 aliphatic carbocycles. The van der Waals surface area contributed by atoms with E-state index in [0.717, 1.165) is 24.9 Å². The van der Waals surface area contributed by atoms with Gasteiger partial charge in [-0.15, -0.1) is 12.4 Å². The van der Waals surface area contributed by atoms with E-state index in [-0.39, 0.29) is 30.8 Å². The van der Waals surface area contributed by atoms with E-state index in [4.69, 9.17) is 9.47 Å². The number of carbonyl (C=O) groups excluding carboxylic acids is 2. The highest BCUT2D eigenvalue weighted by Gasteiger charge is 2.42. The highest BCUT2D eigenvalue weighted by atomic mass is 35.5. The quantitative estimate of drug-likeness (QED) is 0.415. The summed E-state index contributed by atoms with van der Waals surface area (Å²) in [6.45, 7) is 1.32. The minimum atomic E-state index is -1.43. The second kappa shape index (κ2) is 13.0. The molecule has 0 spiro atoms. The highest BCUT2D eigenvalue weighted by molar-refractivity contribution is 7.98. The van der Waals surface area contributed by atoms with E-state index in [1.54, 1.807) is 11.8 Å². The van der Waals surface area contributed by atoms with Crippen LogP contribution in [0.1, 0.15) is 31.2 Å². The zero-order chi connectivity index (χ0) is 19.5. The van der Waals surface area contributed by atoms with E-state index >= 15 is 0 Å². The topological polar surface area (TPSA) is 76.7 Å². The Labute approximate surface area is 177 Å². The van der Waals surface area contributed by atoms with E-state index in [9.17, 15) is 9.59 Å². The molecule has 1 fully saturated rings. The Kier molecular flexibility index (Phi) is 11.5. The van der Waals surface area contributed by atoms with Crippen LogP contribution < -0.4 is 10.6 Å². The predicted molar refractivity (Wildman–Crippen MR) is 115 cm³/mol. The van der Waals surface area contributed by atoms with Gasteiger partial charge in [0.15, 0.2) is 0 Å². The van der Waals surface area contributed by atoms with Crippen LogP contribution >= 0.6 is 24.2 Å². The SMILES string of the molecule is COC(=O)[C@@](CCSC)(NC(=O)CCc1ccccc1)OC[C@@H]1CCCN1.Cl. The van der Waals surface area contributed by atoms with Gasteiger partial charge in [0, 0.05) is 18.9 Å². The maximum atomic E-state index is 12.6. The normalized spacial score (nSPS) is 18.0. The average Bonchev–Trinajstić information content (AvgIpc) is 3.22. The number of hydrogen-bond donors (Lipinski definition) is 2. The summed E-state index contributed by atoms with van der Waals surface area (Å²) in [6, 6.07) is 10.0. The van der Waals surface area contributed by atoms with Crippen LogP contribution in [-0.2, 0) is 25.5 Å². The van der Waals surface area contributed by atoms with Crippen molar-refractivity contribution < 1.29 is 19.1 Å². The lowest BCUT2D eigenvalue weighted by Crippen LogP contribution is -2.58. The predicted octanol–water partition coefficient (Wildman–Crippen LogP) is 2.55. The fourth-order valence-corrected chi connectivity index (χ4v) is 3.62. The molecule has 8 heteroatoms. The van der Waals surface area contributed by atoms with Crippen LogP contribution in [0, 0.1) is 0 Å². The Morgan fingerprint density at radius 1 is 1.32 bits per heavy atom. The number of aryl methyl sites for hydroxylation is 1. The lowest BCUT2D eigenvalue weighted by molar-refractivity contribution is -0.179. The van der Waals surface area contributed by atoms with E-state index < -0.39 is 11.7 Å². The lowest BCUT2D eigenvalue weighted by Gasteiger charge is -2.33. The first-order valence-corrected chi connectivity index (χ1v) is 10.8. The number of carbonyl (C=O) groups is 2. The molecule has 1 aromatic rings. The monoisotopic (exact) mass is 430 g/mol. The largest absolute Gasteiger partial charge is 0.465 e. The number of rotatable bonds is 11. The maximum absolute atomic E-state index is 12.6. The van der Waals surface area contributed by atoms with Gasteiger partial charge in [-0.3, -0.25) is 4.79 Å². The summed E-state index contributed by atoms with van der Waals surface area (Å²) in [6.07, 6.45) is 5.31. The molecular weight excluding hydrogens is 400 g/mol. The Balaban J connectivity index is 0.00000392. The molecule has 158 valence electrons.